The van der Waals surface area contributed by atoms with E-state index in [0.717, 1.165) is 23.0 Å². The summed E-state index contributed by atoms with van der Waals surface area (Å²) in [5, 5.41) is 13.7. The molecule has 0 radical (unpaired) electrons. The molecule has 0 saturated heterocycles. The van der Waals surface area contributed by atoms with Crippen LogP contribution in [0.1, 0.15) is 30.3 Å². The van der Waals surface area contributed by atoms with Crippen LogP contribution in [0.2, 0.25) is 0 Å². The number of hydrogen-bond donors (Lipinski definition) is 1. The minimum absolute atomic E-state index is 0.507. The Kier molecular flexibility index (Phi) is 4.32. The second-order valence-corrected chi connectivity index (χ2v) is 4.54. The molecular formula is C9H17N3S. The molecule has 0 aromatic carbocycles. The Morgan fingerprint density at radius 2 is 2.23 bits per heavy atom. The fourth-order valence-electron chi connectivity index (χ4n) is 1.14. The number of nitrogens with zero attached hydrogens (tertiary/aromatic N) is 2. The molecule has 74 valence electrons. The summed E-state index contributed by atoms with van der Waals surface area (Å²) in [7, 11) is 0. The molecule has 0 fully saturated rings. The van der Waals surface area contributed by atoms with Crippen LogP contribution in [0.4, 0.5) is 0 Å². The molecule has 1 atom stereocenters. The van der Waals surface area contributed by atoms with Gasteiger partial charge in [0.05, 0.1) is 0 Å². The Balaban J connectivity index is 2.31. The highest BCUT2D eigenvalue weighted by Crippen LogP contribution is 2.09. The minimum Gasteiger partial charge on any atom is -0.314 e. The first kappa shape index (κ1) is 10.6. The summed E-state index contributed by atoms with van der Waals surface area (Å²) in [4.78, 5) is 0. The molecule has 0 spiro atoms. The maximum atomic E-state index is 4.09. The number of rotatable bonds is 5. The second kappa shape index (κ2) is 5.29. The standard InChI is InChI=1S/C9H17N3S/c1-4-5-10-7(2)6-9-12-11-8(3)13-9/h7,10H,4-6H2,1-3H3. The molecule has 0 amide bonds. The summed E-state index contributed by atoms with van der Waals surface area (Å²) in [5.41, 5.74) is 0. The van der Waals surface area contributed by atoms with Gasteiger partial charge in [0.1, 0.15) is 10.0 Å². The first-order valence-corrected chi connectivity index (χ1v) is 5.56. The number of aryl methyl sites for hydroxylation is 1. The first-order valence-electron chi connectivity index (χ1n) is 4.74. The molecule has 1 heterocycles. The zero-order chi connectivity index (χ0) is 9.68. The lowest BCUT2D eigenvalue weighted by atomic mass is 10.2. The lowest BCUT2D eigenvalue weighted by Crippen LogP contribution is -2.28. The Morgan fingerprint density at radius 1 is 1.46 bits per heavy atom. The van der Waals surface area contributed by atoms with E-state index in [1.54, 1.807) is 11.3 Å². The Hall–Kier alpha value is -0.480. The van der Waals surface area contributed by atoms with E-state index in [2.05, 4.69) is 29.4 Å². The van der Waals surface area contributed by atoms with Crippen molar-refractivity contribution in [3.8, 4) is 0 Å². The van der Waals surface area contributed by atoms with E-state index in [0.29, 0.717) is 6.04 Å². The topological polar surface area (TPSA) is 37.8 Å². The maximum absolute atomic E-state index is 4.09. The van der Waals surface area contributed by atoms with Gasteiger partial charge < -0.3 is 5.32 Å². The van der Waals surface area contributed by atoms with Crippen LogP contribution in [0.25, 0.3) is 0 Å². The quantitative estimate of drug-likeness (QED) is 0.785. The molecule has 4 heteroatoms. The van der Waals surface area contributed by atoms with Crippen molar-refractivity contribution in [2.45, 2.75) is 39.7 Å². The molecule has 1 N–H and O–H groups in total. The van der Waals surface area contributed by atoms with E-state index < -0.39 is 0 Å². The molecule has 3 nitrogen and oxygen atoms in total. The predicted octanol–water partition coefficient (Wildman–Crippen LogP) is 1.78. The molecule has 1 aromatic rings. The largest absolute Gasteiger partial charge is 0.314 e. The van der Waals surface area contributed by atoms with Gasteiger partial charge in [-0.2, -0.15) is 0 Å². The van der Waals surface area contributed by atoms with Crippen LogP contribution in [-0.2, 0) is 6.42 Å². The summed E-state index contributed by atoms with van der Waals surface area (Å²) in [6.45, 7) is 7.44. The van der Waals surface area contributed by atoms with Crippen LogP contribution in [0.3, 0.4) is 0 Å². The SMILES string of the molecule is CCCNC(C)Cc1nnc(C)s1. The van der Waals surface area contributed by atoms with Gasteiger partial charge in [0.15, 0.2) is 0 Å². The van der Waals surface area contributed by atoms with Crippen molar-refractivity contribution in [2.75, 3.05) is 6.54 Å². The zero-order valence-electron chi connectivity index (χ0n) is 8.50. The summed E-state index contributed by atoms with van der Waals surface area (Å²) in [6.07, 6.45) is 2.17. The van der Waals surface area contributed by atoms with Crippen molar-refractivity contribution in [1.82, 2.24) is 15.5 Å². The Morgan fingerprint density at radius 3 is 2.77 bits per heavy atom. The van der Waals surface area contributed by atoms with E-state index in [9.17, 15) is 0 Å². The van der Waals surface area contributed by atoms with Gasteiger partial charge in [-0.3, -0.25) is 0 Å². The Labute approximate surface area is 83.6 Å². The predicted molar refractivity (Wildman–Crippen MR) is 56.1 cm³/mol. The highest BCUT2D eigenvalue weighted by molar-refractivity contribution is 7.11. The highest BCUT2D eigenvalue weighted by atomic mass is 32.1. The first-order chi connectivity index (χ1) is 6.22. The van der Waals surface area contributed by atoms with Crippen LogP contribution in [0.5, 0.6) is 0 Å². The molecule has 1 unspecified atom stereocenters. The van der Waals surface area contributed by atoms with Gasteiger partial charge >= 0.3 is 0 Å². The normalized spacial score (nSPS) is 13.2. The average Bonchev–Trinajstić information content (AvgIpc) is 2.48. The van der Waals surface area contributed by atoms with Crippen LogP contribution in [-0.4, -0.2) is 22.8 Å². The van der Waals surface area contributed by atoms with Crippen molar-refractivity contribution < 1.29 is 0 Å². The molecule has 0 bridgehead atoms. The number of aromatic nitrogens is 2. The molecule has 13 heavy (non-hydrogen) atoms. The van der Waals surface area contributed by atoms with Crippen molar-refractivity contribution in [3.05, 3.63) is 10.0 Å². The van der Waals surface area contributed by atoms with Crippen molar-refractivity contribution in [2.24, 2.45) is 0 Å². The zero-order valence-corrected chi connectivity index (χ0v) is 9.32. The average molecular weight is 199 g/mol. The van der Waals surface area contributed by atoms with Gasteiger partial charge in [0, 0.05) is 12.5 Å². The van der Waals surface area contributed by atoms with Crippen LogP contribution < -0.4 is 5.32 Å². The number of hydrogen-bond acceptors (Lipinski definition) is 4. The lowest BCUT2D eigenvalue weighted by Gasteiger charge is -2.10. The minimum atomic E-state index is 0.507. The fraction of sp³-hybridized carbons (Fsp3) is 0.778. The van der Waals surface area contributed by atoms with Crippen LogP contribution >= 0.6 is 11.3 Å². The number of nitrogens with one attached hydrogen (secondary N) is 1. The monoisotopic (exact) mass is 199 g/mol. The molecule has 0 aliphatic heterocycles. The van der Waals surface area contributed by atoms with E-state index in [1.165, 1.54) is 6.42 Å². The fourth-order valence-corrected chi connectivity index (χ4v) is 1.98. The van der Waals surface area contributed by atoms with Crippen LogP contribution in [0.15, 0.2) is 0 Å². The second-order valence-electron chi connectivity index (χ2n) is 3.27. The maximum Gasteiger partial charge on any atom is 0.118 e. The summed E-state index contributed by atoms with van der Waals surface area (Å²) < 4.78 is 0. The Bertz CT molecular complexity index is 247. The van der Waals surface area contributed by atoms with E-state index >= 15 is 0 Å². The van der Waals surface area contributed by atoms with Crippen LogP contribution in [0, 0.1) is 6.92 Å². The van der Waals surface area contributed by atoms with Crippen molar-refractivity contribution >= 4 is 11.3 Å². The summed E-state index contributed by atoms with van der Waals surface area (Å²) >= 11 is 1.69. The third kappa shape index (κ3) is 3.83. The highest BCUT2D eigenvalue weighted by Gasteiger charge is 2.05. The van der Waals surface area contributed by atoms with Gasteiger partial charge in [-0.25, -0.2) is 0 Å². The molecule has 0 aliphatic carbocycles. The molecule has 0 saturated carbocycles. The van der Waals surface area contributed by atoms with Gasteiger partial charge in [-0.1, -0.05) is 6.92 Å². The van der Waals surface area contributed by atoms with Crippen molar-refractivity contribution in [1.29, 1.82) is 0 Å². The van der Waals surface area contributed by atoms with E-state index in [4.69, 9.17) is 0 Å². The summed E-state index contributed by atoms with van der Waals surface area (Å²) in [5.74, 6) is 0. The molecule has 0 aliphatic rings. The van der Waals surface area contributed by atoms with Gasteiger partial charge in [-0.05, 0) is 26.8 Å². The van der Waals surface area contributed by atoms with Gasteiger partial charge in [0.2, 0.25) is 0 Å². The molecule has 1 rings (SSSR count). The van der Waals surface area contributed by atoms with Crippen molar-refractivity contribution in [3.63, 3.8) is 0 Å². The van der Waals surface area contributed by atoms with E-state index in [-0.39, 0.29) is 0 Å². The molecular weight excluding hydrogens is 182 g/mol. The smallest absolute Gasteiger partial charge is 0.118 e. The van der Waals surface area contributed by atoms with Gasteiger partial charge in [-0.15, -0.1) is 21.5 Å². The lowest BCUT2D eigenvalue weighted by molar-refractivity contribution is 0.541. The third-order valence-corrected chi connectivity index (χ3v) is 2.65. The molecule has 1 aromatic heterocycles. The summed E-state index contributed by atoms with van der Waals surface area (Å²) in [6, 6.07) is 0.507. The third-order valence-electron chi connectivity index (χ3n) is 1.79. The van der Waals surface area contributed by atoms with E-state index in [1.807, 2.05) is 6.92 Å². The van der Waals surface area contributed by atoms with Gasteiger partial charge in [0.25, 0.3) is 0 Å².